The molecule has 0 bridgehead atoms. The molecule has 3 rings (SSSR count). The number of rotatable bonds is 1. The number of imidazole rings is 1. The van der Waals surface area contributed by atoms with E-state index in [2.05, 4.69) is 25.5 Å². The fourth-order valence-electron chi connectivity index (χ4n) is 2.37. The van der Waals surface area contributed by atoms with Crippen molar-refractivity contribution >= 4 is 15.9 Å². The van der Waals surface area contributed by atoms with Crippen LogP contribution in [0.4, 0.5) is 0 Å². The number of aliphatic hydroxyl groups excluding tert-OH is 1. The Kier molecular flexibility index (Phi) is 2.76. The Hall–Kier alpha value is -1.13. The molecule has 0 spiro atoms. The van der Waals surface area contributed by atoms with Gasteiger partial charge >= 0.3 is 0 Å². The van der Waals surface area contributed by atoms with E-state index < -0.39 is 6.10 Å². The minimum absolute atomic E-state index is 0.400. The Morgan fingerprint density at radius 3 is 2.82 bits per heavy atom. The van der Waals surface area contributed by atoms with Gasteiger partial charge in [-0.3, -0.25) is 0 Å². The summed E-state index contributed by atoms with van der Waals surface area (Å²) in [6.45, 7) is 0.926. The second-order valence-electron chi connectivity index (χ2n) is 4.29. The molecule has 3 nitrogen and oxygen atoms in total. The minimum Gasteiger partial charge on any atom is -0.387 e. The van der Waals surface area contributed by atoms with Crippen LogP contribution in [0.25, 0.3) is 11.4 Å². The number of halogens is 1. The molecule has 4 heteroatoms. The lowest BCUT2D eigenvalue weighted by molar-refractivity contribution is 0.138. The highest BCUT2D eigenvalue weighted by Gasteiger charge is 2.25. The van der Waals surface area contributed by atoms with Crippen LogP contribution in [-0.2, 0) is 6.54 Å². The van der Waals surface area contributed by atoms with Crippen molar-refractivity contribution in [1.82, 2.24) is 9.55 Å². The third-order valence-corrected chi connectivity index (χ3v) is 3.75. The van der Waals surface area contributed by atoms with Gasteiger partial charge in [-0.05, 0) is 28.8 Å². The topological polar surface area (TPSA) is 38.0 Å². The van der Waals surface area contributed by atoms with Crippen molar-refractivity contribution in [3.8, 4) is 11.4 Å². The van der Waals surface area contributed by atoms with Gasteiger partial charge in [-0.25, -0.2) is 4.98 Å². The van der Waals surface area contributed by atoms with Crippen LogP contribution >= 0.6 is 15.9 Å². The smallest absolute Gasteiger partial charge is 0.141 e. The number of benzene rings is 1. The standard InChI is InChI=1S/C13H13BrN2O/c14-12-11-10(17)7-4-8-16(11)13(15-12)9-5-2-1-3-6-9/h1-3,5-6,10,17H,4,7-8H2. The molecule has 2 aromatic rings. The highest BCUT2D eigenvalue weighted by Crippen LogP contribution is 2.35. The first-order valence-corrected chi connectivity index (χ1v) is 6.56. The number of nitrogens with zero attached hydrogens (tertiary/aromatic N) is 2. The van der Waals surface area contributed by atoms with Crippen molar-refractivity contribution in [1.29, 1.82) is 0 Å². The van der Waals surface area contributed by atoms with Crippen LogP contribution in [0, 0.1) is 0 Å². The first kappa shape index (κ1) is 11.0. The van der Waals surface area contributed by atoms with Crippen LogP contribution < -0.4 is 0 Å². The number of hydrogen-bond donors (Lipinski definition) is 1. The normalized spacial score (nSPS) is 19.1. The zero-order valence-corrected chi connectivity index (χ0v) is 10.9. The molecule has 1 aliphatic heterocycles. The molecule has 1 aromatic heterocycles. The molecule has 1 atom stereocenters. The molecule has 1 aliphatic rings. The maximum Gasteiger partial charge on any atom is 0.141 e. The molecule has 0 saturated heterocycles. The van der Waals surface area contributed by atoms with E-state index in [1.54, 1.807) is 0 Å². The number of fused-ring (bicyclic) bond motifs is 1. The van der Waals surface area contributed by atoms with Crippen LogP contribution in [0.3, 0.4) is 0 Å². The Balaban J connectivity index is 2.17. The van der Waals surface area contributed by atoms with Crippen LogP contribution in [0.5, 0.6) is 0 Å². The SMILES string of the molecule is OC1CCCn2c(-c3ccccc3)nc(Br)c21. The van der Waals surface area contributed by atoms with E-state index in [4.69, 9.17) is 0 Å². The molecule has 17 heavy (non-hydrogen) atoms. The summed E-state index contributed by atoms with van der Waals surface area (Å²) in [5.74, 6) is 0.936. The van der Waals surface area contributed by atoms with E-state index in [-0.39, 0.29) is 0 Å². The van der Waals surface area contributed by atoms with Crippen LogP contribution in [0.1, 0.15) is 24.6 Å². The average molecular weight is 293 g/mol. The lowest BCUT2D eigenvalue weighted by Gasteiger charge is -2.21. The lowest BCUT2D eigenvalue weighted by Crippen LogP contribution is -2.15. The molecule has 1 aromatic carbocycles. The fraction of sp³-hybridized carbons (Fsp3) is 0.308. The summed E-state index contributed by atoms with van der Waals surface area (Å²) in [6, 6.07) is 10.1. The summed E-state index contributed by atoms with van der Waals surface area (Å²) in [4.78, 5) is 4.53. The van der Waals surface area contributed by atoms with E-state index in [9.17, 15) is 5.11 Å². The number of aromatic nitrogens is 2. The Morgan fingerprint density at radius 2 is 2.06 bits per heavy atom. The van der Waals surface area contributed by atoms with Gasteiger partial charge in [0.25, 0.3) is 0 Å². The van der Waals surface area contributed by atoms with Gasteiger partial charge in [0.1, 0.15) is 10.4 Å². The van der Waals surface area contributed by atoms with Gasteiger partial charge in [-0.2, -0.15) is 0 Å². The van der Waals surface area contributed by atoms with Gasteiger partial charge in [0.2, 0.25) is 0 Å². The summed E-state index contributed by atoms with van der Waals surface area (Å²) in [6.07, 6.45) is 1.41. The average Bonchev–Trinajstić information content (AvgIpc) is 2.69. The third kappa shape index (κ3) is 1.81. The van der Waals surface area contributed by atoms with Crippen molar-refractivity contribution in [3.63, 3.8) is 0 Å². The van der Waals surface area contributed by atoms with Crippen molar-refractivity contribution in [3.05, 3.63) is 40.6 Å². The van der Waals surface area contributed by atoms with Crippen molar-refractivity contribution in [2.24, 2.45) is 0 Å². The van der Waals surface area contributed by atoms with E-state index in [1.165, 1.54) is 0 Å². The summed E-state index contributed by atoms with van der Waals surface area (Å²) < 4.78 is 2.89. The Labute approximate surface area is 108 Å². The Bertz CT molecular complexity index is 536. The maximum absolute atomic E-state index is 10.0. The van der Waals surface area contributed by atoms with Crippen LogP contribution in [0.2, 0.25) is 0 Å². The maximum atomic E-state index is 10.0. The summed E-state index contributed by atoms with van der Waals surface area (Å²) in [5, 5.41) is 10.0. The molecule has 0 radical (unpaired) electrons. The summed E-state index contributed by atoms with van der Waals surface area (Å²) in [5.41, 5.74) is 2.00. The minimum atomic E-state index is -0.400. The van der Waals surface area contributed by atoms with E-state index in [1.807, 2.05) is 30.3 Å². The highest BCUT2D eigenvalue weighted by molar-refractivity contribution is 9.10. The van der Waals surface area contributed by atoms with Crippen molar-refractivity contribution < 1.29 is 5.11 Å². The first-order chi connectivity index (χ1) is 8.27. The molecular formula is C13H13BrN2O. The molecule has 88 valence electrons. The zero-order chi connectivity index (χ0) is 11.8. The largest absolute Gasteiger partial charge is 0.387 e. The lowest BCUT2D eigenvalue weighted by atomic mass is 10.1. The third-order valence-electron chi connectivity index (χ3n) is 3.17. The summed E-state index contributed by atoms with van der Waals surface area (Å²) in [7, 11) is 0. The van der Waals surface area contributed by atoms with Crippen LogP contribution in [-0.4, -0.2) is 14.7 Å². The van der Waals surface area contributed by atoms with Gasteiger partial charge < -0.3 is 9.67 Å². The highest BCUT2D eigenvalue weighted by atomic mass is 79.9. The molecule has 2 heterocycles. The van der Waals surface area contributed by atoms with E-state index in [0.717, 1.165) is 41.1 Å². The van der Waals surface area contributed by atoms with Gasteiger partial charge in [0.05, 0.1) is 11.8 Å². The van der Waals surface area contributed by atoms with Crippen molar-refractivity contribution in [2.75, 3.05) is 0 Å². The molecular weight excluding hydrogens is 280 g/mol. The molecule has 0 aliphatic carbocycles. The van der Waals surface area contributed by atoms with E-state index >= 15 is 0 Å². The van der Waals surface area contributed by atoms with Gasteiger partial charge in [-0.1, -0.05) is 30.3 Å². The monoisotopic (exact) mass is 292 g/mol. The van der Waals surface area contributed by atoms with E-state index in [0.29, 0.717) is 0 Å². The van der Waals surface area contributed by atoms with Crippen molar-refractivity contribution in [2.45, 2.75) is 25.5 Å². The predicted molar refractivity (Wildman–Crippen MR) is 69.6 cm³/mol. The van der Waals surface area contributed by atoms with Gasteiger partial charge in [0, 0.05) is 12.1 Å². The zero-order valence-electron chi connectivity index (χ0n) is 9.31. The van der Waals surface area contributed by atoms with Gasteiger partial charge in [-0.15, -0.1) is 0 Å². The second-order valence-corrected chi connectivity index (χ2v) is 5.04. The quantitative estimate of drug-likeness (QED) is 0.877. The molecule has 0 amide bonds. The first-order valence-electron chi connectivity index (χ1n) is 5.77. The Morgan fingerprint density at radius 1 is 1.29 bits per heavy atom. The van der Waals surface area contributed by atoms with Crippen LogP contribution in [0.15, 0.2) is 34.9 Å². The molecule has 1 N–H and O–H groups in total. The summed E-state index contributed by atoms with van der Waals surface area (Å²) >= 11 is 3.45. The fourth-order valence-corrected chi connectivity index (χ4v) is 3.01. The second kappa shape index (κ2) is 4.27. The number of aliphatic hydroxyl groups is 1. The molecule has 1 unspecified atom stereocenters. The number of hydrogen-bond acceptors (Lipinski definition) is 2. The predicted octanol–water partition coefficient (Wildman–Crippen LogP) is 3.14. The van der Waals surface area contributed by atoms with Gasteiger partial charge in [0.15, 0.2) is 0 Å². The molecule has 0 fully saturated rings. The molecule has 0 saturated carbocycles.